The number of carbonyl (C=O) groups excluding carboxylic acids is 1. The lowest BCUT2D eigenvalue weighted by Gasteiger charge is -2.35. The fraction of sp³-hybridized carbons (Fsp3) is 0.333. The van der Waals surface area contributed by atoms with E-state index in [1.807, 2.05) is 6.07 Å². The van der Waals surface area contributed by atoms with Crippen molar-refractivity contribution in [1.29, 1.82) is 0 Å². The number of aromatic nitrogens is 2. The molecule has 1 aliphatic heterocycles. The second-order valence-electron chi connectivity index (χ2n) is 7.32. The van der Waals surface area contributed by atoms with Crippen molar-refractivity contribution >= 4 is 57.3 Å². The highest BCUT2D eigenvalue weighted by molar-refractivity contribution is 6.33. The lowest BCUT2D eigenvalue weighted by Crippen LogP contribution is -2.47. The van der Waals surface area contributed by atoms with Crippen LogP contribution in [-0.2, 0) is 4.74 Å². The van der Waals surface area contributed by atoms with Crippen molar-refractivity contribution in [2.45, 2.75) is 0 Å². The minimum Gasteiger partial charge on any atom is -0.383 e. The number of amides is 2. The Labute approximate surface area is 190 Å². The molecule has 164 valence electrons. The van der Waals surface area contributed by atoms with Crippen molar-refractivity contribution in [3.05, 3.63) is 46.7 Å². The van der Waals surface area contributed by atoms with Gasteiger partial charge in [-0.05, 0) is 24.3 Å². The maximum atomic E-state index is 12.5. The molecule has 1 saturated heterocycles. The van der Waals surface area contributed by atoms with Crippen LogP contribution in [0, 0.1) is 0 Å². The molecule has 10 heteroatoms. The summed E-state index contributed by atoms with van der Waals surface area (Å²) in [5.41, 5.74) is 2.04. The summed E-state index contributed by atoms with van der Waals surface area (Å²) in [7, 11) is 1.71. The van der Waals surface area contributed by atoms with Crippen LogP contribution >= 0.6 is 23.2 Å². The average Bonchev–Trinajstić information content (AvgIpc) is 3.14. The van der Waals surface area contributed by atoms with Gasteiger partial charge in [-0.15, -0.1) is 0 Å². The molecular weight excluding hydrogens is 439 g/mol. The number of pyridine rings is 1. The third-order valence-electron chi connectivity index (χ3n) is 5.26. The van der Waals surface area contributed by atoms with Crippen molar-refractivity contribution < 1.29 is 9.53 Å². The molecule has 0 bridgehead atoms. The molecule has 31 heavy (non-hydrogen) atoms. The minimum absolute atomic E-state index is 0.391. The summed E-state index contributed by atoms with van der Waals surface area (Å²) >= 11 is 12.5. The summed E-state index contributed by atoms with van der Waals surface area (Å²) in [6.45, 7) is 5.19. The molecule has 0 unspecified atom stereocenters. The molecule has 0 atom stereocenters. The Kier molecular flexibility index (Phi) is 6.82. The van der Waals surface area contributed by atoms with Gasteiger partial charge in [0.2, 0.25) is 0 Å². The number of nitrogens with zero attached hydrogens (tertiary/aromatic N) is 3. The highest BCUT2D eigenvalue weighted by Crippen LogP contribution is 2.28. The van der Waals surface area contributed by atoms with E-state index in [4.69, 9.17) is 27.9 Å². The van der Waals surface area contributed by atoms with Crippen molar-refractivity contribution in [3.63, 3.8) is 0 Å². The van der Waals surface area contributed by atoms with Gasteiger partial charge >= 0.3 is 6.03 Å². The first-order chi connectivity index (χ1) is 15.0. The zero-order chi connectivity index (χ0) is 21.8. The molecule has 4 rings (SSSR count). The second-order valence-corrected chi connectivity index (χ2v) is 8.17. The largest absolute Gasteiger partial charge is 0.383 e. The maximum absolute atomic E-state index is 12.5. The summed E-state index contributed by atoms with van der Waals surface area (Å²) in [6, 6.07) is 6.77. The topological polar surface area (TPSA) is 85.5 Å². The Bertz CT molecular complexity index is 1070. The molecule has 2 aromatic heterocycles. The van der Waals surface area contributed by atoms with Gasteiger partial charge in [0, 0.05) is 62.0 Å². The first-order valence-corrected chi connectivity index (χ1v) is 10.8. The van der Waals surface area contributed by atoms with E-state index >= 15 is 0 Å². The summed E-state index contributed by atoms with van der Waals surface area (Å²) in [6.07, 6.45) is 3.34. The zero-order valence-corrected chi connectivity index (χ0v) is 18.6. The van der Waals surface area contributed by atoms with E-state index in [0.29, 0.717) is 21.4 Å². The summed E-state index contributed by atoms with van der Waals surface area (Å²) in [5, 5.41) is 7.53. The minimum atomic E-state index is -0.391. The van der Waals surface area contributed by atoms with Gasteiger partial charge in [-0.3, -0.25) is 4.90 Å². The number of ether oxygens (including phenoxy) is 1. The van der Waals surface area contributed by atoms with Crippen LogP contribution in [0.15, 0.2) is 36.7 Å². The van der Waals surface area contributed by atoms with Gasteiger partial charge in [-0.2, -0.15) is 0 Å². The number of hydrogen-bond donors (Lipinski definition) is 3. The second kappa shape index (κ2) is 9.74. The first kappa shape index (κ1) is 21.7. The van der Waals surface area contributed by atoms with Gasteiger partial charge in [0.1, 0.15) is 5.82 Å². The number of hydrogen-bond acceptors (Lipinski definition) is 5. The standard InChI is InChI=1S/C21H24Cl2N6O2/c1-31-9-8-28-4-6-29(7-5-28)20-17(23)11-15(12-25-20)26-21(30)27-19-13-24-18-3-2-14(22)10-16(18)19/h2-3,10-13,24H,4-9H2,1H3,(H2,26,27,30). The van der Waals surface area contributed by atoms with E-state index in [-0.39, 0.29) is 0 Å². The number of rotatable bonds is 6. The first-order valence-electron chi connectivity index (χ1n) is 10.00. The SMILES string of the molecule is COCCN1CCN(c2ncc(NC(=O)Nc3c[nH]c4ccc(Cl)cc34)cc2Cl)CC1. The maximum Gasteiger partial charge on any atom is 0.323 e. The molecule has 0 aliphatic carbocycles. The van der Waals surface area contributed by atoms with E-state index in [1.54, 1.807) is 37.7 Å². The van der Waals surface area contributed by atoms with E-state index < -0.39 is 6.03 Å². The third-order valence-corrected chi connectivity index (χ3v) is 5.77. The number of halogens is 2. The van der Waals surface area contributed by atoms with Gasteiger partial charge in [-0.25, -0.2) is 9.78 Å². The van der Waals surface area contributed by atoms with Crippen LogP contribution < -0.4 is 15.5 Å². The van der Waals surface area contributed by atoms with Crippen LogP contribution in [0.25, 0.3) is 10.9 Å². The molecule has 0 radical (unpaired) electrons. The molecule has 1 fully saturated rings. The average molecular weight is 463 g/mol. The van der Waals surface area contributed by atoms with Crippen LogP contribution in [0.2, 0.25) is 10.0 Å². The van der Waals surface area contributed by atoms with Crippen molar-refractivity contribution in [2.75, 3.05) is 62.0 Å². The number of benzene rings is 1. The van der Waals surface area contributed by atoms with E-state index in [9.17, 15) is 4.79 Å². The van der Waals surface area contributed by atoms with Crippen LogP contribution in [0.1, 0.15) is 0 Å². The number of carbonyl (C=O) groups is 1. The normalized spacial score (nSPS) is 14.7. The molecule has 3 aromatic rings. The number of nitrogens with one attached hydrogen (secondary N) is 3. The Balaban J connectivity index is 1.37. The van der Waals surface area contributed by atoms with Crippen molar-refractivity contribution in [2.24, 2.45) is 0 Å². The number of aromatic amines is 1. The number of anilines is 3. The van der Waals surface area contributed by atoms with Crippen LogP contribution in [0.4, 0.5) is 22.0 Å². The molecular formula is C21H24Cl2N6O2. The Morgan fingerprint density at radius 3 is 2.74 bits per heavy atom. The highest BCUT2D eigenvalue weighted by atomic mass is 35.5. The fourth-order valence-electron chi connectivity index (χ4n) is 3.62. The summed E-state index contributed by atoms with van der Waals surface area (Å²) < 4.78 is 5.14. The third kappa shape index (κ3) is 5.22. The predicted molar refractivity (Wildman–Crippen MR) is 126 cm³/mol. The Morgan fingerprint density at radius 2 is 2.00 bits per heavy atom. The Hall–Kier alpha value is -2.52. The highest BCUT2D eigenvalue weighted by Gasteiger charge is 2.20. The summed E-state index contributed by atoms with van der Waals surface area (Å²) in [5.74, 6) is 0.727. The zero-order valence-electron chi connectivity index (χ0n) is 17.1. The van der Waals surface area contributed by atoms with Crippen LogP contribution in [0.3, 0.4) is 0 Å². The molecule has 8 nitrogen and oxygen atoms in total. The number of H-pyrrole nitrogens is 1. The molecule has 0 saturated carbocycles. The quantitative estimate of drug-likeness (QED) is 0.508. The summed E-state index contributed by atoms with van der Waals surface area (Å²) in [4.78, 5) is 24.6. The van der Waals surface area contributed by atoms with Gasteiger partial charge < -0.3 is 25.3 Å². The van der Waals surface area contributed by atoms with Gasteiger partial charge in [0.05, 0.1) is 29.2 Å². The van der Waals surface area contributed by atoms with Crippen molar-refractivity contribution in [1.82, 2.24) is 14.9 Å². The molecule has 3 heterocycles. The van der Waals surface area contributed by atoms with Gasteiger partial charge in [-0.1, -0.05) is 23.2 Å². The molecule has 3 N–H and O–H groups in total. The number of urea groups is 1. The molecule has 1 aliphatic rings. The van der Waals surface area contributed by atoms with Crippen molar-refractivity contribution in [3.8, 4) is 0 Å². The van der Waals surface area contributed by atoms with E-state index in [2.05, 4.69) is 30.4 Å². The van der Waals surface area contributed by atoms with E-state index in [0.717, 1.165) is 56.1 Å². The monoisotopic (exact) mass is 462 g/mol. The fourth-order valence-corrected chi connectivity index (χ4v) is 4.07. The molecule has 2 amide bonds. The predicted octanol–water partition coefficient (Wildman–Crippen LogP) is 4.28. The van der Waals surface area contributed by atoms with Crippen LogP contribution in [-0.4, -0.2) is 67.3 Å². The van der Waals surface area contributed by atoms with E-state index in [1.165, 1.54) is 0 Å². The number of piperazine rings is 1. The van der Waals surface area contributed by atoms with Crippen LogP contribution in [0.5, 0.6) is 0 Å². The number of methoxy groups -OCH3 is 1. The van der Waals surface area contributed by atoms with Gasteiger partial charge in [0.25, 0.3) is 0 Å². The van der Waals surface area contributed by atoms with Gasteiger partial charge in [0.15, 0.2) is 0 Å². The number of fused-ring (bicyclic) bond motifs is 1. The Morgan fingerprint density at radius 1 is 1.19 bits per heavy atom. The lowest BCUT2D eigenvalue weighted by atomic mass is 10.2. The lowest BCUT2D eigenvalue weighted by molar-refractivity contribution is 0.144. The smallest absolute Gasteiger partial charge is 0.323 e. The molecule has 0 spiro atoms. The molecule has 1 aromatic carbocycles.